The molecule has 1 amide bonds. The van der Waals surface area contributed by atoms with Crippen molar-refractivity contribution in [3.8, 4) is 0 Å². The topological polar surface area (TPSA) is 58.1 Å². The van der Waals surface area contributed by atoms with Crippen molar-refractivity contribution in [3.63, 3.8) is 0 Å². The van der Waals surface area contributed by atoms with E-state index in [0.717, 1.165) is 5.03 Å². The predicted molar refractivity (Wildman–Crippen MR) is 65.6 cm³/mol. The highest BCUT2D eigenvalue weighted by molar-refractivity contribution is 7.98. The third-order valence-corrected chi connectivity index (χ3v) is 2.81. The van der Waals surface area contributed by atoms with Crippen LogP contribution in [-0.4, -0.2) is 47.2 Å². The van der Waals surface area contributed by atoms with Crippen molar-refractivity contribution in [1.29, 1.82) is 0 Å². The van der Waals surface area contributed by atoms with Crippen LogP contribution in [0.1, 0.15) is 6.92 Å². The van der Waals surface area contributed by atoms with Crippen LogP contribution in [0.15, 0.2) is 17.4 Å². The minimum Gasteiger partial charge on any atom is -0.361 e. The molecular formula is C10H16N4OS. The Morgan fingerprint density at radius 2 is 2.31 bits per heavy atom. The highest BCUT2D eigenvalue weighted by Crippen LogP contribution is 2.13. The number of carbonyl (C=O) groups excluding carboxylic acids is 1. The molecule has 0 fully saturated rings. The zero-order valence-corrected chi connectivity index (χ0v) is 10.5. The maximum atomic E-state index is 11.5. The number of nitrogens with one attached hydrogen (secondary N) is 1. The summed E-state index contributed by atoms with van der Waals surface area (Å²) in [5.41, 5.74) is 0. The first-order valence-electron chi connectivity index (χ1n) is 5.01. The number of rotatable bonds is 5. The Labute approximate surface area is 99.7 Å². The summed E-state index contributed by atoms with van der Waals surface area (Å²) in [6.45, 7) is 2.91. The zero-order chi connectivity index (χ0) is 12.0. The van der Waals surface area contributed by atoms with Crippen LogP contribution in [-0.2, 0) is 4.79 Å². The van der Waals surface area contributed by atoms with Crippen LogP contribution in [0, 0.1) is 0 Å². The van der Waals surface area contributed by atoms with E-state index in [2.05, 4.69) is 15.3 Å². The van der Waals surface area contributed by atoms with Gasteiger partial charge in [0.2, 0.25) is 5.91 Å². The van der Waals surface area contributed by atoms with Crippen LogP contribution < -0.4 is 5.32 Å². The second kappa shape index (κ2) is 6.32. The van der Waals surface area contributed by atoms with Gasteiger partial charge in [-0.1, -0.05) is 0 Å². The molecule has 0 atom stereocenters. The van der Waals surface area contributed by atoms with Gasteiger partial charge in [-0.15, -0.1) is 11.8 Å². The van der Waals surface area contributed by atoms with Crippen LogP contribution in [0.4, 0.5) is 5.82 Å². The van der Waals surface area contributed by atoms with Crippen LogP contribution >= 0.6 is 11.8 Å². The van der Waals surface area contributed by atoms with Gasteiger partial charge in [-0.3, -0.25) is 4.79 Å². The van der Waals surface area contributed by atoms with Gasteiger partial charge in [0.1, 0.15) is 17.2 Å². The standard InChI is InChI=1S/C10H16N4OS/c1-4-14(2)10(15)6-11-8-5-9(16-3)13-7-12-8/h5,7H,4,6H2,1-3H3,(H,11,12,13). The Morgan fingerprint density at radius 1 is 1.56 bits per heavy atom. The van der Waals surface area contributed by atoms with Gasteiger partial charge in [0.25, 0.3) is 0 Å². The van der Waals surface area contributed by atoms with Crippen molar-refractivity contribution in [3.05, 3.63) is 12.4 Å². The summed E-state index contributed by atoms with van der Waals surface area (Å²) in [6, 6.07) is 1.82. The lowest BCUT2D eigenvalue weighted by Crippen LogP contribution is -2.32. The molecule has 1 N–H and O–H groups in total. The first-order chi connectivity index (χ1) is 7.67. The van der Waals surface area contributed by atoms with E-state index in [1.54, 1.807) is 23.7 Å². The molecular weight excluding hydrogens is 224 g/mol. The summed E-state index contributed by atoms with van der Waals surface area (Å²) in [6.07, 6.45) is 3.43. The van der Waals surface area contributed by atoms with E-state index >= 15 is 0 Å². The number of carbonyl (C=O) groups is 1. The highest BCUT2D eigenvalue weighted by atomic mass is 32.2. The summed E-state index contributed by atoms with van der Waals surface area (Å²) in [5.74, 6) is 0.726. The van der Waals surface area contributed by atoms with Gasteiger partial charge in [-0.25, -0.2) is 9.97 Å². The maximum Gasteiger partial charge on any atom is 0.241 e. The van der Waals surface area contributed by atoms with E-state index < -0.39 is 0 Å². The second-order valence-corrected chi connectivity index (χ2v) is 4.03. The fourth-order valence-electron chi connectivity index (χ4n) is 1.03. The molecule has 0 radical (unpaired) electrons. The normalized spacial score (nSPS) is 9.94. The minimum absolute atomic E-state index is 0.0480. The number of nitrogens with zero attached hydrogens (tertiary/aromatic N) is 3. The third-order valence-electron chi connectivity index (χ3n) is 2.17. The molecule has 1 aromatic heterocycles. The van der Waals surface area contributed by atoms with Crippen LogP contribution in [0.5, 0.6) is 0 Å². The number of thioether (sulfide) groups is 1. The molecule has 0 saturated heterocycles. The van der Waals surface area contributed by atoms with E-state index in [4.69, 9.17) is 0 Å². The molecule has 16 heavy (non-hydrogen) atoms. The Bertz CT molecular complexity index is 358. The van der Waals surface area contributed by atoms with Crippen molar-refractivity contribution in [2.24, 2.45) is 0 Å². The van der Waals surface area contributed by atoms with Gasteiger partial charge in [0.05, 0.1) is 6.54 Å². The zero-order valence-electron chi connectivity index (χ0n) is 9.73. The second-order valence-electron chi connectivity index (χ2n) is 3.21. The van der Waals surface area contributed by atoms with Gasteiger partial charge in [0.15, 0.2) is 0 Å². The Balaban J connectivity index is 2.51. The Hall–Kier alpha value is -1.30. The molecule has 0 aliphatic heterocycles. The van der Waals surface area contributed by atoms with E-state index in [1.807, 2.05) is 19.2 Å². The lowest BCUT2D eigenvalue weighted by Gasteiger charge is -2.14. The fraction of sp³-hybridized carbons (Fsp3) is 0.500. The summed E-state index contributed by atoms with van der Waals surface area (Å²) in [7, 11) is 1.78. The molecule has 0 aliphatic carbocycles. The molecule has 1 rings (SSSR count). The molecule has 0 aromatic carbocycles. The molecule has 0 aliphatic rings. The highest BCUT2D eigenvalue weighted by Gasteiger charge is 2.06. The monoisotopic (exact) mass is 240 g/mol. The molecule has 0 saturated carbocycles. The Kier molecular flexibility index (Phi) is 5.04. The van der Waals surface area contributed by atoms with Gasteiger partial charge < -0.3 is 10.2 Å². The third kappa shape index (κ3) is 3.69. The first kappa shape index (κ1) is 12.8. The number of likely N-dealkylation sites (N-methyl/N-ethyl adjacent to an activating group) is 1. The molecule has 1 heterocycles. The lowest BCUT2D eigenvalue weighted by molar-refractivity contribution is -0.127. The maximum absolute atomic E-state index is 11.5. The predicted octanol–water partition coefficient (Wildman–Crippen LogP) is 1.09. The van der Waals surface area contributed by atoms with Crippen LogP contribution in [0.25, 0.3) is 0 Å². The minimum atomic E-state index is 0.0480. The smallest absolute Gasteiger partial charge is 0.241 e. The van der Waals surface area contributed by atoms with Gasteiger partial charge in [0, 0.05) is 19.7 Å². The quantitative estimate of drug-likeness (QED) is 0.616. The summed E-state index contributed by atoms with van der Waals surface area (Å²) < 4.78 is 0. The average molecular weight is 240 g/mol. The van der Waals surface area contributed by atoms with Gasteiger partial charge in [-0.2, -0.15) is 0 Å². The molecule has 0 unspecified atom stereocenters. The molecule has 5 nitrogen and oxygen atoms in total. The van der Waals surface area contributed by atoms with E-state index in [0.29, 0.717) is 12.4 Å². The SMILES string of the molecule is CCN(C)C(=O)CNc1cc(SC)ncn1. The largest absolute Gasteiger partial charge is 0.361 e. The van der Waals surface area contributed by atoms with Gasteiger partial charge >= 0.3 is 0 Å². The van der Waals surface area contributed by atoms with Crippen molar-refractivity contribution in [1.82, 2.24) is 14.9 Å². The molecule has 0 spiro atoms. The van der Waals surface area contributed by atoms with Gasteiger partial charge in [-0.05, 0) is 13.2 Å². The van der Waals surface area contributed by atoms with E-state index in [9.17, 15) is 4.79 Å². The average Bonchev–Trinajstić information content (AvgIpc) is 2.35. The van der Waals surface area contributed by atoms with E-state index in [-0.39, 0.29) is 12.5 Å². The number of amides is 1. The molecule has 0 bridgehead atoms. The fourth-order valence-corrected chi connectivity index (χ4v) is 1.41. The lowest BCUT2D eigenvalue weighted by atomic mass is 10.5. The van der Waals surface area contributed by atoms with Crippen molar-refractivity contribution >= 4 is 23.5 Å². The summed E-state index contributed by atoms with van der Waals surface area (Å²) >= 11 is 1.54. The summed E-state index contributed by atoms with van der Waals surface area (Å²) in [5, 5.41) is 3.86. The van der Waals surface area contributed by atoms with Crippen molar-refractivity contribution < 1.29 is 4.79 Å². The number of hydrogen-bond acceptors (Lipinski definition) is 5. The summed E-state index contributed by atoms with van der Waals surface area (Å²) in [4.78, 5) is 21.3. The van der Waals surface area contributed by atoms with E-state index in [1.165, 1.54) is 6.33 Å². The van der Waals surface area contributed by atoms with Crippen molar-refractivity contribution in [2.75, 3.05) is 31.7 Å². The van der Waals surface area contributed by atoms with Crippen LogP contribution in [0.3, 0.4) is 0 Å². The molecule has 6 heteroatoms. The number of aromatic nitrogens is 2. The first-order valence-corrected chi connectivity index (χ1v) is 6.23. The number of anilines is 1. The molecule has 1 aromatic rings. The molecule has 88 valence electrons. The number of hydrogen-bond donors (Lipinski definition) is 1. The van der Waals surface area contributed by atoms with Crippen LogP contribution in [0.2, 0.25) is 0 Å². The van der Waals surface area contributed by atoms with Crippen molar-refractivity contribution in [2.45, 2.75) is 11.9 Å². The Morgan fingerprint density at radius 3 is 2.94 bits per heavy atom.